The lowest BCUT2D eigenvalue weighted by molar-refractivity contribution is -0.116. The standard InChI is InChI=1S/C36H42Cl3N5O3/c1-26(47-25-27-8-10-29(37)11-9-27)6-5-7-34(45)40-30-12-14-31(15-13-30)43-18-20-44(21-19-43)36(46)41-35-32(38)22-28(23-33(35)39)24-42-16-3-2-4-17-42/h8-15,22-23H,1-7,16-21,24-25H2,(H,40,45)(H,41,46). The number of benzene rings is 3. The van der Waals surface area contributed by atoms with E-state index in [0.717, 1.165) is 42.1 Å². The topological polar surface area (TPSA) is 77.2 Å². The molecule has 0 aromatic heterocycles. The summed E-state index contributed by atoms with van der Waals surface area (Å²) in [6.07, 6.45) is 5.34. The molecule has 47 heavy (non-hydrogen) atoms. The first-order valence-electron chi connectivity index (χ1n) is 16.2. The summed E-state index contributed by atoms with van der Waals surface area (Å²) in [7, 11) is 0. The zero-order chi connectivity index (χ0) is 33.2. The van der Waals surface area contributed by atoms with Gasteiger partial charge in [0.1, 0.15) is 6.61 Å². The Kier molecular flexibility index (Phi) is 12.7. The van der Waals surface area contributed by atoms with Crippen LogP contribution in [-0.4, -0.2) is 61.0 Å². The van der Waals surface area contributed by atoms with Crippen molar-refractivity contribution < 1.29 is 14.3 Å². The molecule has 0 aliphatic carbocycles. The highest BCUT2D eigenvalue weighted by atomic mass is 35.5. The number of nitrogens with one attached hydrogen (secondary N) is 2. The minimum absolute atomic E-state index is 0.0558. The van der Waals surface area contributed by atoms with Crippen LogP contribution in [0.15, 0.2) is 73.0 Å². The number of hydrogen-bond acceptors (Lipinski definition) is 5. The summed E-state index contributed by atoms with van der Waals surface area (Å²) in [5.74, 6) is 0.597. The molecule has 3 aromatic rings. The number of carbonyl (C=O) groups is 2. The average Bonchev–Trinajstić information content (AvgIpc) is 3.07. The lowest BCUT2D eigenvalue weighted by Crippen LogP contribution is -2.50. The Labute approximate surface area is 292 Å². The van der Waals surface area contributed by atoms with Gasteiger partial charge in [-0.15, -0.1) is 0 Å². The molecule has 11 heteroatoms. The molecule has 2 aliphatic heterocycles. The van der Waals surface area contributed by atoms with Crippen molar-refractivity contribution in [3.05, 3.63) is 99.2 Å². The van der Waals surface area contributed by atoms with E-state index < -0.39 is 0 Å². The molecule has 0 saturated carbocycles. The molecular weight excluding hydrogens is 657 g/mol. The minimum Gasteiger partial charge on any atom is -0.494 e. The Bertz CT molecular complexity index is 1500. The number of amides is 3. The number of likely N-dealkylation sites (tertiary alicyclic amines) is 1. The molecule has 0 unspecified atom stereocenters. The molecule has 2 saturated heterocycles. The fourth-order valence-electron chi connectivity index (χ4n) is 5.83. The first-order valence-corrected chi connectivity index (χ1v) is 17.3. The average molecular weight is 699 g/mol. The number of rotatable bonds is 12. The van der Waals surface area contributed by atoms with Gasteiger partial charge in [-0.1, -0.05) is 59.9 Å². The van der Waals surface area contributed by atoms with Crippen molar-refractivity contribution >= 4 is 63.8 Å². The Morgan fingerprint density at radius 2 is 1.43 bits per heavy atom. The van der Waals surface area contributed by atoms with Gasteiger partial charge in [-0.25, -0.2) is 4.79 Å². The van der Waals surface area contributed by atoms with Crippen molar-refractivity contribution in [2.24, 2.45) is 0 Å². The van der Waals surface area contributed by atoms with Crippen LogP contribution in [0.5, 0.6) is 0 Å². The zero-order valence-corrected chi connectivity index (χ0v) is 28.8. The van der Waals surface area contributed by atoms with E-state index in [1.54, 1.807) is 4.90 Å². The van der Waals surface area contributed by atoms with Gasteiger partial charge in [0, 0.05) is 62.0 Å². The van der Waals surface area contributed by atoms with Gasteiger partial charge in [0.05, 0.1) is 21.5 Å². The Morgan fingerprint density at radius 1 is 0.766 bits per heavy atom. The molecule has 3 amide bonds. The second-order valence-corrected chi connectivity index (χ2v) is 13.3. The van der Waals surface area contributed by atoms with Crippen LogP contribution in [0.4, 0.5) is 21.9 Å². The smallest absolute Gasteiger partial charge is 0.322 e. The maximum absolute atomic E-state index is 13.1. The third kappa shape index (κ3) is 10.5. The molecule has 2 heterocycles. The van der Waals surface area contributed by atoms with Gasteiger partial charge in [-0.2, -0.15) is 0 Å². The first kappa shape index (κ1) is 34.9. The van der Waals surface area contributed by atoms with E-state index in [2.05, 4.69) is 27.0 Å². The van der Waals surface area contributed by atoms with Crippen molar-refractivity contribution in [1.82, 2.24) is 9.80 Å². The van der Waals surface area contributed by atoms with Gasteiger partial charge < -0.3 is 25.2 Å². The second kappa shape index (κ2) is 17.1. The normalized spacial score (nSPS) is 15.3. The summed E-state index contributed by atoms with van der Waals surface area (Å²) in [5, 5.41) is 7.48. The molecule has 3 aromatic carbocycles. The molecule has 0 bridgehead atoms. The fourth-order valence-corrected chi connectivity index (χ4v) is 6.58. The third-order valence-corrected chi connectivity index (χ3v) is 9.34. The molecule has 2 N–H and O–H groups in total. The second-order valence-electron chi connectivity index (χ2n) is 12.1. The van der Waals surface area contributed by atoms with E-state index in [9.17, 15) is 9.59 Å². The maximum atomic E-state index is 13.1. The monoisotopic (exact) mass is 697 g/mol. The van der Waals surface area contributed by atoms with Crippen LogP contribution in [0.2, 0.25) is 15.1 Å². The van der Waals surface area contributed by atoms with E-state index in [0.29, 0.717) is 78.6 Å². The largest absolute Gasteiger partial charge is 0.494 e. The molecule has 2 fully saturated rings. The molecule has 250 valence electrons. The van der Waals surface area contributed by atoms with Crippen LogP contribution in [0.25, 0.3) is 0 Å². The van der Waals surface area contributed by atoms with Crippen molar-refractivity contribution in [1.29, 1.82) is 0 Å². The fraction of sp³-hybridized carbons (Fsp3) is 0.389. The molecule has 0 radical (unpaired) electrons. The number of anilines is 3. The van der Waals surface area contributed by atoms with Crippen LogP contribution in [-0.2, 0) is 22.7 Å². The van der Waals surface area contributed by atoms with Gasteiger partial charge in [0.25, 0.3) is 0 Å². The number of carbonyl (C=O) groups excluding carboxylic acids is 2. The SMILES string of the molecule is C=C(CCCC(=O)Nc1ccc(N2CCN(C(=O)Nc3c(Cl)cc(CN4CCCCC4)cc3Cl)CC2)cc1)OCc1ccc(Cl)cc1. The van der Waals surface area contributed by atoms with E-state index >= 15 is 0 Å². The number of allylic oxidation sites excluding steroid dienone is 1. The Morgan fingerprint density at radius 3 is 2.09 bits per heavy atom. The summed E-state index contributed by atoms with van der Waals surface area (Å²) in [4.78, 5) is 32.0. The van der Waals surface area contributed by atoms with Crippen molar-refractivity contribution in [2.75, 3.05) is 54.8 Å². The number of halogens is 3. The molecule has 0 spiro atoms. The summed E-state index contributed by atoms with van der Waals surface area (Å²) in [6.45, 7) is 9.84. The van der Waals surface area contributed by atoms with Crippen LogP contribution in [0.3, 0.4) is 0 Å². The van der Waals surface area contributed by atoms with Gasteiger partial charge in [0.15, 0.2) is 0 Å². The third-order valence-electron chi connectivity index (χ3n) is 8.49. The maximum Gasteiger partial charge on any atom is 0.322 e. The molecule has 8 nitrogen and oxygen atoms in total. The minimum atomic E-state index is -0.216. The van der Waals surface area contributed by atoms with E-state index in [1.165, 1.54) is 19.3 Å². The van der Waals surface area contributed by atoms with Gasteiger partial charge in [-0.3, -0.25) is 9.69 Å². The van der Waals surface area contributed by atoms with E-state index in [4.69, 9.17) is 39.5 Å². The number of urea groups is 1. The van der Waals surface area contributed by atoms with Crippen LogP contribution in [0.1, 0.15) is 49.7 Å². The van der Waals surface area contributed by atoms with Gasteiger partial charge in [0.2, 0.25) is 5.91 Å². The lowest BCUT2D eigenvalue weighted by Gasteiger charge is -2.36. The van der Waals surface area contributed by atoms with Crippen molar-refractivity contribution in [3.8, 4) is 0 Å². The molecule has 2 aliphatic rings. The molecule has 0 atom stereocenters. The molecular formula is C36H42Cl3N5O3. The van der Waals surface area contributed by atoms with Crippen molar-refractivity contribution in [3.63, 3.8) is 0 Å². The van der Waals surface area contributed by atoms with Gasteiger partial charge >= 0.3 is 6.03 Å². The quantitative estimate of drug-likeness (QED) is 0.185. The molecule has 5 rings (SSSR count). The summed E-state index contributed by atoms with van der Waals surface area (Å²) >= 11 is 19.1. The number of piperazine rings is 1. The number of nitrogens with zero attached hydrogens (tertiary/aromatic N) is 3. The van der Waals surface area contributed by atoms with Crippen LogP contribution >= 0.6 is 34.8 Å². The van der Waals surface area contributed by atoms with Gasteiger partial charge in [-0.05, 0) is 92.0 Å². The lowest BCUT2D eigenvalue weighted by atomic mass is 10.1. The summed E-state index contributed by atoms with van der Waals surface area (Å²) in [6, 6.07) is 18.9. The number of ether oxygens (including phenoxy) is 1. The summed E-state index contributed by atoms with van der Waals surface area (Å²) < 4.78 is 5.71. The predicted octanol–water partition coefficient (Wildman–Crippen LogP) is 8.83. The zero-order valence-electron chi connectivity index (χ0n) is 26.6. The van der Waals surface area contributed by atoms with Crippen molar-refractivity contribution in [2.45, 2.75) is 51.7 Å². The highest BCUT2D eigenvalue weighted by Crippen LogP contribution is 2.33. The predicted molar refractivity (Wildman–Crippen MR) is 193 cm³/mol. The van der Waals surface area contributed by atoms with Crippen LogP contribution < -0.4 is 15.5 Å². The first-order chi connectivity index (χ1) is 22.7. The van der Waals surface area contributed by atoms with E-state index in [1.807, 2.05) is 60.7 Å². The summed E-state index contributed by atoms with van der Waals surface area (Å²) in [5.41, 5.74) is 4.29. The number of hydrogen-bond donors (Lipinski definition) is 2. The van der Waals surface area contributed by atoms with Crippen LogP contribution in [0, 0.1) is 0 Å². The Hall–Kier alpha value is -3.43. The van der Waals surface area contributed by atoms with E-state index in [-0.39, 0.29) is 11.9 Å². The highest BCUT2D eigenvalue weighted by molar-refractivity contribution is 6.39. The number of piperidine rings is 1. The highest BCUT2D eigenvalue weighted by Gasteiger charge is 2.23. The Balaban J connectivity index is 1.01.